The van der Waals surface area contributed by atoms with Crippen LogP contribution in [-0.4, -0.2) is 37.6 Å². The topological polar surface area (TPSA) is 74.0 Å². The lowest BCUT2D eigenvalue weighted by Crippen LogP contribution is -2.33. The van der Waals surface area contributed by atoms with E-state index in [1.165, 1.54) is 0 Å². The van der Waals surface area contributed by atoms with E-state index < -0.39 is 11.7 Å². The maximum absolute atomic E-state index is 11.6. The number of carbonyl (C=O) groups is 1. The van der Waals surface area contributed by atoms with Crippen LogP contribution in [0.25, 0.3) is 0 Å². The highest BCUT2D eigenvalue weighted by Gasteiger charge is 2.15. The number of ether oxygens (including phenoxy) is 1. The normalized spacial score (nSPS) is 11.5. The number of hydrogen-bond donors (Lipinski definition) is 1. The molecule has 22 heavy (non-hydrogen) atoms. The molecule has 0 aliphatic rings. The molecule has 0 radical (unpaired) electrons. The van der Waals surface area contributed by atoms with Gasteiger partial charge in [0.2, 0.25) is 0 Å². The minimum atomic E-state index is -0.481. The fourth-order valence-electron chi connectivity index (χ4n) is 2.04. The SMILES string of the molecule is Cn1nccc1Cn1cncc1CCNC(=O)OC(C)(C)C. The van der Waals surface area contributed by atoms with Crippen LogP contribution in [0.4, 0.5) is 4.79 Å². The predicted molar refractivity (Wildman–Crippen MR) is 82.5 cm³/mol. The molecule has 0 unspecified atom stereocenters. The summed E-state index contributed by atoms with van der Waals surface area (Å²) < 4.78 is 9.09. The maximum atomic E-state index is 11.6. The van der Waals surface area contributed by atoms with E-state index in [0.717, 1.165) is 11.4 Å². The lowest BCUT2D eigenvalue weighted by Gasteiger charge is -2.19. The van der Waals surface area contributed by atoms with Crippen molar-refractivity contribution in [1.29, 1.82) is 0 Å². The van der Waals surface area contributed by atoms with Gasteiger partial charge in [-0.25, -0.2) is 9.78 Å². The second-order valence-electron chi connectivity index (χ2n) is 6.14. The van der Waals surface area contributed by atoms with E-state index in [1.54, 1.807) is 12.5 Å². The number of rotatable bonds is 5. The predicted octanol–water partition coefficient (Wildman–Crippen LogP) is 1.73. The Morgan fingerprint density at radius 2 is 2.14 bits per heavy atom. The van der Waals surface area contributed by atoms with Crippen LogP contribution in [0.2, 0.25) is 0 Å². The number of hydrogen-bond acceptors (Lipinski definition) is 4. The molecule has 0 fully saturated rings. The molecule has 1 amide bonds. The van der Waals surface area contributed by atoms with Crippen molar-refractivity contribution >= 4 is 6.09 Å². The number of nitrogens with one attached hydrogen (secondary N) is 1. The summed E-state index contributed by atoms with van der Waals surface area (Å²) in [6, 6.07) is 1.97. The number of aryl methyl sites for hydroxylation is 1. The zero-order chi connectivity index (χ0) is 16.2. The van der Waals surface area contributed by atoms with Crippen molar-refractivity contribution in [2.75, 3.05) is 6.54 Å². The molecule has 0 aliphatic heterocycles. The van der Waals surface area contributed by atoms with Crippen molar-refractivity contribution in [1.82, 2.24) is 24.6 Å². The van der Waals surface area contributed by atoms with Gasteiger partial charge in [-0.2, -0.15) is 5.10 Å². The van der Waals surface area contributed by atoms with Gasteiger partial charge in [0.05, 0.1) is 18.6 Å². The molecule has 0 atom stereocenters. The summed E-state index contributed by atoms with van der Waals surface area (Å²) in [6.45, 7) is 6.74. The molecule has 0 aromatic carbocycles. The van der Waals surface area contributed by atoms with Gasteiger partial charge in [0.25, 0.3) is 0 Å². The lowest BCUT2D eigenvalue weighted by atomic mass is 10.2. The minimum absolute atomic E-state index is 0.398. The smallest absolute Gasteiger partial charge is 0.407 e. The fraction of sp³-hybridized carbons (Fsp3) is 0.533. The van der Waals surface area contributed by atoms with Gasteiger partial charge in [-0.15, -0.1) is 0 Å². The Morgan fingerprint density at radius 1 is 1.36 bits per heavy atom. The summed E-state index contributed by atoms with van der Waals surface area (Å²) in [5.41, 5.74) is 1.67. The van der Waals surface area contributed by atoms with Crippen molar-refractivity contribution in [3.05, 3.63) is 36.2 Å². The van der Waals surface area contributed by atoms with Crippen LogP contribution in [0.5, 0.6) is 0 Å². The first-order chi connectivity index (χ1) is 10.3. The number of aromatic nitrogens is 4. The van der Waals surface area contributed by atoms with E-state index in [9.17, 15) is 4.79 Å². The van der Waals surface area contributed by atoms with Gasteiger partial charge < -0.3 is 14.6 Å². The first kappa shape index (κ1) is 16.1. The van der Waals surface area contributed by atoms with E-state index in [4.69, 9.17) is 4.74 Å². The van der Waals surface area contributed by atoms with Gasteiger partial charge in [0, 0.05) is 38.1 Å². The molecule has 0 aliphatic carbocycles. The Bertz CT molecular complexity index is 624. The van der Waals surface area contributed by atoms with Crippen LogP contribution < -0.4 is 5.32 Å². The molecular formula is C15H23N5O2. The van der Waals surface area contributed by atoms with Crippen LogP contribution in [-0.2, 0) is 24.8 Å². The highest BCUT2D eigenvalue weighted by Crippen LogP contribution is 2.07. The Kier molecular flexibility index (Phi) is 4.85. The molecule has 2 rings (SSSR count). The van der Waals surface area contributed by atoms with Gasteiger partial charge in [0.1, 0.15) is 5.60 Å². The van der Waals surface area contributed by atoms with Crippen molar-refractivity contribution in [3.63, 3.8) is 0 Å². The molecule has 7 heteroatoms. The van der Waals surface area contributed by atoms with Gasteiger partial charge in [0.15, 0.2) is 0 Å². The van der Waals surface area contributed by atoms with Crippen molar-refractivity contribution < 1.29 is 9.53 Å². The van der Waals surface area contributed by atoms with Gasteiger partial charge in [-0.3, -0.25) is 4.68 Å². The van der Waals surface area contributed by atoms with E-state index in [2.05, 4.69) is 15.4 Å². The number of alkyl carbamates (subject to hydrolysis) is 1. The summed E-state index contributed by atoms with van der Waals surface area (Å²) in [7, 11) is 1.91. The summed E-state index contributed by atoms with van der Waals surface area (Å²) in [6.07, 6.45) is 5.67. The monoisotopic (exact) mass is 305 g/mol. The second-order valence-corrected chi connectivity index (χ2v) is 6.14. The number of imidazole rings is 1. The molecule has 7 nitrogen and oxygen atoms in total. The quantitative estimate of drug-likeness (QED) is 0.913. The summed E-state index contributed by atoms with van der Waals surface area (Å²) in [5, 5.41) is 6.91. The lowest BCUT2D eigenvalue weighted by molar-refractivity contribution is 0.0528. The summed E-state index contributed by atoms with van der Waals surface area (Å²) in [4.78, 5) is 15.8. The number of nitrogens with zero attached hydrogens (tertiary/aromatic N) is 4. The van der Waals surface area contributed by atoms with Crippen LogP contribution in [0.15, 0.2) is 24.8 Å². The third kappa shape index (κ3) is 4.61. The molecule has 120 valence electrons. The Labute approximate surface area is 130 Å². The molecule has 0 spiro atoms. The van der Waals surface area contributed by atoms with Crippen molar-refractivity contribution in [2.24, 2.45) is 7.05 Å². The molecule has 2 aromatic rings. The Hall–Kier alpha value is -2.31. The number of amides is 1. The summed E-state index contributed by atoms with van der Waals surface area (Å²) in [5.74, 6) is 0. The molecule has 1 N–H and O–H groups in total. The molecule has 2 heterocycles. The molecule has 0 saturated carbocycles. The van der Waals surface area contributed by atoms with E-state index in [-0.39, 0.29) is 0 Å². The summed E-state index contributed by atoms with van der Waals surface area (Å²) >= 11 is 0. The first-order valence-electron chi connectivity index (χ1n) is 7.28. The highest BCUT2D eigenvalue weighted by molar-refractivity contribution is 5.67. The second kappa shape index (κ2) is 6.64. The average molecular weight is 305 g/mol. The molecule has 0 bridgehead atoms. The van der Waals surface area contributed by atoms with Crippen molar-refractivity contribution in [2.45, 2.75) is 39.3 Å². The van der Waals surface area contributed by atoms with Crippen LogP contribution in [0.1, 0.15) is 32.2 Å². The Morgan fingerprint density at radius 3 is 2.77 bits per heavy atom. The maximum Gasteiger partial charge on any atom is 0.407 e. The van der Waals surface area contributed by atoms with E-state index in [0.29, 0.717) is 19.5 Å². The van der Waals surface area contributed by atoms with Crippen molar-refractivity contribution in [3.8, 4) is 0 Å². The zero-order valence-electron chi connectivity index (χ0n) is 13.5. The minimum Gasteiger partial charge on any atom is -0.444 e. The average Bonchev–Trinajstić information content (AvgIpc) is 2.98. The standard InChI is InChI=1S/C15H23N5O2/c1-15(2,3)22-14(21)17-7-5-12-9-16-11-20(12)10-13-6-8-18-19(13)4/h6,8-9,11H,5,7,10H2,1-4H3,(H,17,21). The first-order valence-corrected chi connectivity index (χ1v) is 7.28. The number of carbonyl (C=O) groups excluding carboxylic acids is 1. The third-order valence-electron chi connectivity index (χ3n) is 3.10. The Balaban J connectivity index is 1.86. The largest absolute Gasteiger partial charge is 0.444 e. The van der Waals surface area contributed by atoms with E-state index >= 15 is 0 Å². The van der Waals surface area contributed by atoms with Gasteiger partial charge in [-0.05, 0) is 26.8 Å². The van der Waals surface area contributed by atoms with Gasteiger partial charge in [-0.1, -0.05) is 0 Å². The third-order valence-corrected chi connectivity index (χ3v) is 3.10. The zero-order valence-corrected chi connectivity index (χ0v) is 13.5. The molecule has 2 aromatic heterocycles. The fourth-order valence-corrected chi connectivity index (χ4v) is 2.04. The highest BCUT2D eigenvalue weighted by atomic mass is 16.6. The van der Waals surface area contributed by atoms with Crippen LogP contribution >= 0.6 is 0 Å². The molecular weight excluding hydrogens is 282 g/mol. The van der Waals surface area contributed by atoms with Gasteiger partial charge >= 0.3 is 6.09 Å². The molecule has 0 saturated heterocycles. The van der Waals surface area contributed by atoms with Crippen LogP contribution in [0.3, 0.4) is 0 Å². The van der Waals surface area contributed by atoms with E-state index in [1.807, 2.05) is 49.3 Å². The van der Waals surface area contributed by atoms with Crippen LogP contribution in [0, 0.1) is 0 Å².